The van der Waals surface area contributed by atoms with Gasteiger partial charge in [0.15, 0.2) is 0 Å². The molecule has 4 heteroatoms. The van der Waals surface area contributed by atoms with Crippen LogP contribution in [0.4, 0.5) is 0 Å². The maximum atomic E-state index is 5.70. The molecule has 0 aromatic rings. The second-order valence-electron chi connectivity index (χ2n) is 2.46. The molecule has 0 heterocycles. The van der Waals surface area contributed by atoms with Gasteiger partial charge in [0, 0.05) is 0 Å². The molecule has 0 rings (SSSR count). The molecule has 0 aliphatic heterocycles. The molecule has 53 valence electrons. The molecule has 0 radical (unpaired) electrons. The molecule has 0 fully saturated rings. The summed E-state index contributed by atoms with van der Waals surface area (Å²) in [5.74, 6) is 0. The SMILES string of the molecule is C[SiH](C)O[Si](C)(C)[Pt]. The molecule has 0 aromatic carbocycles. The molecule has 0 bridgehead atoms. The maximum absolute atomic E-state index is 5.70. The molecule has 1 nitrogen and oxygen atoms in total. The molecule has 0 saturated carbocycles. The van der Waals surface area contributed by atoms with E-state index >= 15 is 0 Å². The second-order valence-corrected chi connectivity index (χ2v) is 16.3. The first-order valence-corrected chi connectivity index (χ1v) is 11.7. The van der Waals surface area contributed by atoms with Gasteiger partial charge >= 0.3 is 64.7 Å². The van der Waals surface area contributed by atoms with Gasteiger partial charge in [-0.05, 0) is 0 Å². The van der Waals surface area contributed by atoms with Crippen molar-refractivity contribution in [1.29, 1.82) is 0 Å². The van der Waals surface area contributed by atoms with Crippen LogP contribution in [0.3, 0.4) is 0 Å². The van der Waals surface area contributed by atoms with Crippen LogP contribution in [0, 0.1) is 0 Å². The molecule has 0 N–H and O–H groups in total. The molecule has 0 aromatic heterocycles. The average molecular weight is 328 g/mol. The van der Waals surface area contributed by atoms with Crippen molar-refractivity contribution < 1.29 is 23.2 Å². The van der Waals surface area contributed by atoms with E-state index in [1.807, 2.05) is 0 Å². The minimum atomic E-state index is -1.19. The van der Waals surface area contributed by atoms with Crippen LogP contribution in [0.1, 0.15) is 0 Å². The van der Waals surface area contributed by atoms with E-state index in [-0.39, 0.29) is 0 Å². The van der Waals surface area contributed by atoms with Crippen LogP contribution in [-0.4, -0.2) is 15.3 Å². The molecule has 0 atom stereocenters. The van der Waals surface area contributed by atoms with E-state index < -0.39 is 15.3 Å². The molecule has 8 heavy (non-hydrogen) atoms. The molecule has 0 aliphatic carbocycles. The molecule has 0 amide bonds. The summed E-state index contributed by atoms with van der Waals surface area (Å²) in [4.78, 5) is 0. The zero-order chi connectivity index (χ0) is 6.78. The summed E-state index contributed by atoms with van der Waals surface area (Å²) in [5, 5.41) is 0. The first-order chi connectivity index (χ1) is 3.42. The fourth-order valence-electron chi connectivity index (χ4n) is 0.546. The van der Waals surface area contributed by atoms with E-state index in [0.717, 1.165) is 0 Å². The Kier molecular flexibility index (Phi) is 3.75. The summed E-state index contributed by atoms with van der Waals surface area (Å²) in [6, 6.07) is 0. The van der Waals surface area contributed by atoms with Crippen LogP contribution < -0.4 is 0 Å². The van der Waals surface area contributed by atoms with E-state index in [9.17, 15) is 0 Å². The molecular formula is C4H13OPtSi2. The van der Waals surface area contributed by atoms with Gasteiger partial charge in [-0.15, -0.1) is 0 Å². The van der Waals surface area contributed by atoms with Gasteiger partial charge in [0.1, 0.15) is 0 Å². The second kappa shape index (κ2) is 3.30. The molecule has 0 saturated heterocycles. The van der Waals surface area contributed by atoms with Crippen molar-refractivity contribution in [3.63, 3.8) is 0 Å². The van der Waals surface area contributed by atoms with Crippen LogP contribution in [-0.2, 0) is 23.2 Å². The number of hydrogen-bond donors (Lipinski definition) is 0. The van der Waals surface area contributed by atoms with E-state index in [2.05, 4.69) is 45.3 Å². The third-order valence-electron chi connectivity index (χ3n) is 0.509. The fraction of sp³-hybridized carbons (Fsp3) is 1.00. The predicted molar refractivity (Wildman–Crippen MR) is 37.4 cm³/mol. The topological polar surface area (TPSA) is 9.23 Å². The van der Waals surface area contributed by atoms with Gasteiger partial charge < -0.3 is 0 Å². The molecule has 0 unspecified atom stereocenters. The van der Waals surface area contributed by atoms with Gasteiger partial charge in [0.05, 0.1) is 0 Å². The van der Waals surface area contributed by atoms with Crippen molar-refractivity contribution in [2.24, 2.45) is 0 Å². The molecule has 0 spiro atoms. The average Bonchev–Trinajstić information content (AvgIpc) is 1.21. The van der Waals surface area contributed by atoms with E-state index in [1.165, 1.54) is 0 Å². The Bertz CT molecular complexity index is 68.9. The Labute approximate surface area is 64.8 Å². The quantitative estimate of drug-likeness (QED) is 0.693. The van der Waals surface area contributed by atoms with Crippen molar-refractivity contribution in [2.45, 2.75) is 26.2 Å². The van der Waals surface area contributed by atoms with Crippen LogP contribution in [0.25, 0.3) is 0 Å². The van der Waals surface area contributed by atoms with Crippen molar-refractivity contribution in [3.8, 4) is 0 Å². The Morgan fingerprint density at radius 1 is 1.38 bits per heavy atom. The van der Waals surface area contributed by atoms with E-state index in [1.54, 1.807) is 0 Å². The molecule has 0 aliphatic rings. The van der Waals surface area contributed by atoms with Crippen molar-refractivity contribution >= 4 is 15.3 Å². The van der Waals surface area contributed by atoms with Gasteiger partial charge in [-0.25, -0.2) is 0 Å². The van der Waals surface area contributed by atoms with Crippen LogP contribution >= 0.6 is 0 Å². The zero-order valence-electron chi connectivity index (χ0n) is 5.80. The first-order valence-electron chi connectivity index (χ1n) is 2.75. The van der Waals surface area contributed by atoms with Gasteiger partial charge in [-0.1, -0.05) is 0 Å². The normalized spacial score (nSPS) is 12.9. The Morgan fingerprint density at radius 2 is 1.75 bits per heavy atom. The summed E-state index contributed by atoms with van der Waals surface area (Å²) < 4.78 is 5.70. The molecular weight excluding hydrogens is 315 g/mol. The monoisotopic (exact) mass is 328 g/mol. The van der Waals surface area contributed by atoms with Gasteiger partial charge in [-0.3, -0.25) is 0 Å². The number of rotatable bonds is 2. The van der Waals surface area contributed by atoms with Crippen LogP contribution in [0.5, 0.6) is 0 Å². The standard InChI is InChI=1S/C4H13OSi2.Pt/c1-6(2)5-7(3)4;/h6H,1-4H3;. The zero-order valence-corrected chi connectivity index (χ0v) is 10.2. The van der Waals surface area contributed by atoms with Gasteiger partial charge in [0.2, 0.25) is 0 Å². The summed E-state index contributed by atoms with van der Waals surface area (Å²) in [6.07, 6.45) is -1.19. The Hall–Kier alpha value is 1.08. The predicted octanol–water partition coefficient (Wildman–Crippen LogP) is 1.23. The Balaban J connectivity index is 3.39. The van der Waals surface area contributed by atoms with Gasteiger partial charge in [0.25, 0.3) is 0 Å². The summed E-state index contributed by atoms with van der Waals surface area (Å²) in [7, 11) is -0.741. The van der Waals surface area contributed by atoms with Gasteiger partial charge in [-0.2, -0.15) is 0 Å². The van der Waals surface area contributed by atoms with E-state index in [0.29, 0.717) is 0 Å². The van der Waals surface area contributed by atoms with E-state index in [4.69, 9.17) is 4.12 Å². The van der Waals surface area contributed by atoms with Crippen LogP contribution in [0.15, 0.2) is 0 Å². The fourth-order valence-corrected chi connectivity index (χ4v) is 9.73. The number of hydrogen-bond acceptors (Lipinski definition) is 1. The summed E-state index contributed by atoms with van der Waals surface area (Å²) in [6.45, 7) is 8.88. The Morgan fingerprint density at radius 3 is 1.75 bits per heavy atom. The van der Waals surface area contributed by atoms with Crippen LogP contribution in [0.2, 0.25) is 26.2 Å². The third-order valence-corrected chi connectivity index (χ3v) is 6.99. The van der Waals surface area contributed by atoms with Crippen molar-refractivity contribution in [1.82, 2.24) is 0 Å². The third kappa shape index (κ3) is 7.08. The minimum absolute atomic E-state index is 0.741. The van der Waals surface area contributed by atoms with Crippen molar-refractivity contribution in [3.05, 3.63) is 0 Å². The summed E-state index contributed by atoms with van der Waals surface area (Å²) >= 11 is 2.43. The van der Waals surface area contributed by atoms with Crippen molar-refractivity contribution in [2.75, 3.05) is 0 Å². The summed E-state index contributed by atoms with van der Waals surface area (Å²) in [5.41, 5.74) is 0. The first kappa shape index (κ1) is 9.08.